The van der Waals surface area contributed by atoms with Crippen molar-refractivity contribution in [3.05, 3.63) is 28.2 Å². The van der Waals surface area contributed by atoms with E-state index in [0.717, 1.165) is 0 Å². The third-order valence-electron chi connectivity index (χ3n) is 1.93. The van der Waals surface area contributed by atoms with E-state index in [-0.39, 0.29) is 12.5 Å². The van der Waals surface area contributed by atoms with E-state index in [2.05, 4.69) is 11.2 Å². The number of carbonyl (C=O) groups excluding carboxylic acids is 1. The van der Waals surface area contributed by atoms with Gasteiger partial charge in [-0.3, -0.25) is 4.79 Å². The number of ether oxygens (including phenoxy) is 1. The van der Waals surface area contributed by atoms with Crippen molar-refractivity contribution >= 4 is 29.1 Å². The second kappa shape index (κ2) is 6.39. The Bertz CT molecular complexity index is 454. The van der Waals surface area contributed by atoms with Gasteiger partial charge in [0, 0.05) is 11.1 Å². The standard InChI is InChI=1S/C12H11Cl2NO2/c1-3-6-15-12(16)8(2)17-11-7-9(13)4-5-10(11)14/h1,4-5,7-8H,6H2,2H3,(H,15,16). The first-order valence-electron chi connectivity index (χ1n) is 4.87. The molecule has 1 atom stereocenters. The van der Waals surface area contributed by atoms with Crippen LogP contribution in [0.3, 0.4) is 0 Å². The number of amides is 1. The first-order chi connectivity index (χ1) is 8.04. The van der Waals surface area contributed by atoms with Crippen LogP contribution in [0.15, 0.2) is 18.2 Å². The van der Waals surface area contributed by atoms with Crippen molar-refractivity contribution in [1.29, 1.82) is 0 Å². The average Bonchev–Trinajstić information content (AvgIpc) is 2.30. The summed E-state index contributed by atoms with van der Waals surface area (Å²) in [6.45, 7) is 1.76. The van der Waals surface area contributed by atoms with Gasteiger partial charge in [0.1, 0.15) is 5.75 Å². The molecular weight excluding hydrogens is 261 g/mol. The minimum atomic E-state index is -0.695. The predicted octanol–water partition coefficient (Wildman–Crippen LogP) is 2.51. The van der Waals surface area contributed by atoms with E-state index in [0.29, 0.717) is 15.8 Å². The van der Waals surface area contributed by atoms with Gasteiger partial charge in [0.2, 0.25) is 0 Å². The lowest BCUT2D eigenvalue weighted by Crippen LogP contribution is -2.36. The van der Waals surface area contributed by atoms with Crippen molar-refractivity contribution in [3.63, 3.8) is 0 Å². The third-order valence-corrected chi connectivity index (χ3v) is 2.48. The number of nitrogens with one attached hydrogen (secondary N) is 1. The minimum Gasteiger partial charge on any atom is -0.479 e. The highest BCUT2D eigenvalue weighted by molar-refractivity contribution is 6.34. The van der Waals surface area contributed by atoms with E-state index in [4.69, 9.17) is 34.4 Å². The van der Waals surface area contributed by atoms with Crippen molar-refractivity contribution in [2.75, 3.05) is 6.54 Å². The fourth-order valence-electron chi connectivity index (χ4n) is 1.09. The molecule has 0 radical (unpaired) electrons. The minimum absolute atomic E-state index is 0.163. The molecule has 1 amide bonds. The first-order valence-corrected chi connectivity index (χ1v) is 5.63. The smallest absolute Gasteiger partial charge is 0.261 e. The van der Waals surface area contributed by atoms with E-state index in [1.165, 1.54) is 0 Å². The Balaban J connectivity index is 2.67. The largest absolute Gasteiger partial charge is 0.479 e. The summed E-state index contributed by atoms with van der Waals surface area (Å²) in [5.74, 6) is 2.36. The zero-order valence-corrected chi connectivity index (χ0v) is 10.7. The van der Waals surface area contributed by atoms with Crippen LogP contribution in [0, 0.1) is 12.3 Å². The fourth-order valence-corrected chi connectivity index (χ4v) is 1.42. The van der Waals surface area contributed by atoms with Gasteiger partial charge < -0.3 is 10.1 Å². The molecule has 1 N–H and O–H groups in total. The van der Waals surface area contributed by atoms with E-state index in [1.54, 1.807) is 25.1 Å². The summed E-state index contributed by atoms with van der Waals surface area (Å²) >= 11 is 11.7. The Hall–Kier alpha value is -1.37. The second-order valence-corrected chi connectivity index (χ2v) is 4.10. The molecule has 1 aromatic carbocycles. The average molecular weight is 272 g/mol. The predicted molar refractivity (Wildman–Crippen MR) is 68.4 cm³/mol. The van der Waals surface area contributed by atoms with Crippen molar-refractivity contribution in [2.24, 2.45) is 0 Å². The van der Waals surface area contributed by atoms with Crippen molar-refractivity contribution in [1.82, 2.24) is 5.32 Å². The Morgan fingerprint density at radius 3 is 2.94 bits per heavy atom. The molecule has 0 spiro atoms. The normalized spacial score (nSPS) is 11.4. The summed E-state index contributed by atoms with van der Waals surface area (Å²) in [5.41, 5.74) is 0. The third kappa shape index (κ3) is 4.18. The molecule has 0 aliphatic heterocycles. The van der Waals surface area contributed by atoms with Crippen LogP contribution in [0.5, 0.6) is 5.75 Å². The van der Waals surface area contributed by atoms with Crippen LogP contribution >= 0.6 is 23.2 Å². The SMILES string of the molecule is C#CCNC(=O)C(C)Oc1cc(Cl)ccc1Cl. The van der Waals surface area contributed by atoms with Gasteiger partial charge in [-0.1, -0.05) is 29.1 Å². The Labute approximate surface area is 110 Å². The summed E-state index contributed by atoms with van der Waals surface area (Å²) in [6, 6.07) is 4.79. The maximum atomic E-state index is 11.5. The zero-order chi connectivity index (χ0) is 12.8. The Morgan fingerprint density at radius 1 is 1.59 bits per heavy atom. The van der Waals surface area contributed by atoms with Crippen LogP contribution in [0.1, 0.15) is 6.92 Å². The van der Waals surface area contributed by atoms with Gasteiger partial charge in [-0.05, 0) is 19.1 Å². The summed E-state index contributed by atoms with van der Waals surface area (Å²) < 4.78 is 5.39. The van der Waals surface area contributed by atoms with Gasteiger partial charge >= 0.3 is 0 Å². The quantitative estimate of drug-likeness (QED) is 0.855. The van der Waals surface area contributed by atoms with E-state index in [1.807, 2.05) is 0 Å². The number of hydrogen-bond acceptors (Lipinski definition) is 2. The number of benzene rings is 1. The molecule has 0 heterocycles. The summed E-state index contributed by atoms with van der Waals surface area (Å²) in [7, 11) is 0. The number of hydrogen-bond donors (Lipinski definition) is 1. The van der Waals surface area contributed by atoms with Gasteiger partial charge in [0.15, 0.2) is 6.10 Å². The van der Waals surface area contributed by atoms with Crippen LogP contribution in [-0.4, -0.2) is 18.6 Å². The van der Waals surface area contributed by atoms with Crippen molar-refractivity contribution in [3.8, 4) is 18.1 Å². The zero-order valence-electron chi connectivity index (χ0n) is 9.17. The topological polar surface area (TPSA) is 38.3 Å². The molecule has 0 aromatic heterocycles. The first kappa shape index (κ1) is 13.7. The lowest BCUT2D eigenvalue weighted by Gasteiger charge is -2.14. The summed E-state index contributed by atoms with van der Waals surface area (Å²) in [6.07, 6.45) is 4.33. The number of carbonyl (C=O) groups is 1. The Morgan fingerprint density at radius 2 is 2.29 bits per heavy atom. The molecule has 1 aromatic rings. The number of rotatable bonds is 4. The van der Waals surface area contributed by atoms with Crippen LogP contribution in [0.25, 0.3) is 0 Å². The molecule has 0 fully saturated rings. The van der Waals surface area contributed by atoms with Gasteiger partial charge in [-0.15, -0.1) is 6.42 Å². The number of terminal acetylenes is 1. The van der Waals surface area contributed by atoms with Crippen LogP contribution in [-0.2, 0) is 4.79 Å². The number of halogens is 2. The van der Waals surface area contributed by atoms with Gasteiger partial charge in [-0.2, -0.15) is 0 Å². The molecule has 3 nitrogen and oxygen atoms in total. The lowest BCUT2D eigenvalue weighted by molar-refractivity contribution is -0.126. The van der Waals surface area contributed by atoms with Crippen molar-refractivity contribution in [2.45, 2.75) is 13.0 Å². The van der Waals surface area contributed by atoms with Crippen LogP contribution < -0.4 is 10.1 Å². The molecule has 5 heteroatoms. The molecule has 0 saturated carbocycles. The van der Waals surface area contributed by atoms with Crippen LogP contribution in [0.2, 0.25) is 10.0 Å². The fraction of sp³-hybridized carbons (Fsp3) is 0.250. The molecule has 90 valence electrons. The molecule has 1 rings (SSSR count). The van der Waals surface area contributed by atoms with E-state index < -0.39 is 6.10 Å². The Kier molecular flexibility index (Phi) is 5.14. The van der Waals surface area contributed by atoms with Gasteiger partial charge in [0.05, 0.1) is 11.6 Å². The van der Waals surface area contributed by atoms with Crippen LogP contribution in [0.4, 0.5) is 0 Å². The molecule has 17 heavy (non-hydrogen) atoms. The van der Waals surface area contributed by atoms with E-state index in [9.17, 15) is 4.79 Å². The highest BCUT2D eigenvalue weighted by Gasteiger charge is 2.15. The van der Waals surface area contributed by atoms with Crippen molar-refractivity contribution < 1.29 is 9.53 Å². The lowest BCUT2D eigenvalue weighted by atomic mass is 10.3. The monoisotopic (exact) mass is 271 g/mol. The molecular formula is C12H11Cl2NO2. The molecule has 0 aliphatic carbocycles. The second-order valence-electron chi connectivity index (χ2n) is 3.26. The van der Waals surface area contributed by atoms with Gasteiger partial charge in [-0.25, -0.2) is 0 Å². The molecule has 0 bridgehead atoms. The highest BCUT2D eigenvalue weighted by Crippen LogP contribution is 2.28. The van der Waals surface area contributed by atoms with Gasteiger partial charge in [0.25, 0.3) is 5.91 Å². The molecule has 0 aliphatic rings. The summed E-state index contributed by atoms with van der Waals surface area (Å²) in [4.78, 5) is 11.5. The maximum absolute atomic E-state index is 11.5. The maximum Gasteiger partial charge on any atom is 0.261 e. The molecule has 0 saturated heterocycles. The van der Waals surface area contributed by atoms with E-state index >= 15 is 0 Å². The summed E-state index contributed by atoms with van der Waals surface area (Å²) in [5, 5.41) is 3.39. The highest BCUT2D eigenvalue weighted by atomic mass is 35.5. The molecule has 1 unspecified atom stereocenters.